The summed E-state index contributed by atoms with van der Waals surface area (Å²) in [5.41, 5.74) is 7.56. The van der Waals surface area contributed by atoms with Gasteiger partial charge in [-0.25, -0.2) is 0 Å². The molecule has 3 rings (SSSR count). The standard InChI is InChI=1S/C15H13N3O3/c16-14-11(5-3-7-13(14)18(20)21)15(19)17-9-8-10-4-1-2-6-12(10)17/h1-7H,8-9,16H2. The average molecular weight is 283 g/mol. The van der Waals surface area contributed by atoms with E-state index in [9.17, 15) is 14.9 Å². The number of nitro groups is 1. The zero-order valence-electron chi connectivity index (χ0n) is 11.2. The Morgan fingerprint density at radius 1 is 1.19 bits per heavy atom. The first-order valence-electron chi connectivity index (χ1n) is 6.52. The van der Waals surface area contributed by atoms with Gasteiger partial charge < -0.3 is 10.6 Å². The minimum atomic E-state index is -0.579. The molecule has 1 aliphatic heterocycles. The summed E-state index contributed by atoms with van der Waals surface area (Å²) in [6.45, 7) is 0.556. The molecule has 106 valence electrons. The van der Waals surface area contributed by atoms with Crippen LogP contribution >= 0.6 is 0 Å². The summed E-state index contributed by atoms with van der Waals surface area (Å²) in [5, 5.41) is 10.9. The van der Waals surface area contributed by atoms with Crippen molar-refractivity contribution in [2.45, 2.75) is 6.42 Å². The number of fused-ring (bicyclic) bond motifs is 1. The Kier molecular flexibility index (Phi) is 3.06. The lowest BCUT2D eigenvalue weighted by Crippen LogP contribution is -2.29. The van der Waals surface area contributed by atoms with Crippen molar-refractivity contribution in [3.05, 3.63) is 63.7 Å². The second-order valence-corrected chi connectivity index (χ2v) is 4.83. The number of benzene rings is 2. The van der Waals surface area contributed by atoms with E-state index in [2.05, 4.69) is 0 Å². The van der Waals surface area contributed by atoms with Gasteiger partial charge in [0.25, 0.3) is 11.6 Å². The number of nitrogen functional groups attached to an aromatic ring is 1. The third-order valence-corrected chi connectivity index (χ3v) is 3.64. The third kappa shape index (κ3) is 2.10. The normalized spacial score (nSPS) is 13.0. The van der Waals surface area contributed by atoms with Crippen molar-refractivity contribution in [2.24, 2.45) is 0 Å². The quantitative estimate of drug-likeness (QED) is 0.520. The summed E-state index contributed by atoms with van der Waals surface area (Å²) >= 11 is 0. The van der Waals surface area contributed by atoms with Crippen LogP contribution < -0.4 is 10.6 Å². The number of hydrogen-bond acceptors (Lipinski definition) is 4. The lowest BCUT2D eigenvalue weighted by molar-refractivity contribution is -0.383. The molecule has 0 aromatic heterocycles. The van der Waals surface area contributed by atoms with Crippen molar-refractivity contribution in [1.29, 1.82) is 0 Å². The molecule has 0 bridgehead atoms. The van der Waals surface area contributed by atoms with Gasteiger partial charge in [0.2, 0.25) is 0 Å². The highest BCUT2D eigenvalue weighted by molar-refractivity contribution is 6.11. The van der Waals surface area contributed by atoms with Gasteiger partial charge in [-0.1, -0.05) is 24.3 Å². The summed E-state index contributed by atoms with van der Waals surface area (Å²) in [6, 6.07) is 11.9. The Morgan fingerprint density at radius 2 is 1.95 bits per heavy atom. The molecule has 1 heterocycles. The SMILES string of the molecule is Nc1c(C(=O)N2CCc3ccccc32)cccc1[N+](=O)[O-]. The first kappa shape index (κ1) is 13.1. The zero-order chi connectivity index (χ0) is 15.0. The number of rotatable bonds is 2. The van der Waals surface area contributed by atoms with Gasteiger partial charge in [0.15, 0.2) is 0 Å². The van der Waals surface area contributed by atoms with E-state index in [1.165, 1.54) is 18.2 Å². The number of nitrogens with zero attached hydrogens (tertiary/aromatic N) is 2. The van der Waals surface area contributed by atoms with Crippen molar-refractivity contribution < 1.29 is 9.72 Å². The monoisotopic (exact) mass is 283 g/mol. The van der Waals surface area contributed by atoms with E-state index < -0.39 is 4.92 Å². The van der Waals surface area contributed by atoms with Crippen LogP contribution in [-0.4, -0.2) is 17.4 Å². The van der Waals surface area contributed by atoms with Crippen LogP contribution in [0.4, 0.5) is 17.1 Å². The molecule has 0 spiro atoms. The fraction of sp³-hybridized carbons (Fsp3) is 0.133. The molecule has 0 saturated carbocycles. The van der Waals surface area contributed by atoms with Crippen molar-refractivity contribution in [3.63, 3.8) is 0 Å². The van der Waals surface area contributed by atoms with Gasteiger partial charge in [-0.3, -0.25) is 14.9 Å². The van der Waals surface area contributed by atoms with Crippen LogP contribution in [0.25, 0.3) is 0 Å². The molecule has 0 radical (unpaired) electrons. The molecule has 0 atom stereocenters. The molecule has 2 aromatic rings. The second kappa shape index (κ2) is 4.90. The highest BCUT2D eigenvalue weighted by atomic mass is 16.6. The summed E-state index contributed by atoms with van der Waals surface area (Å²) in [6.07, 6.45) is 0.775. The lowest BCUT2D eigenvalue weighted by atomic mass is 10.1. The summed E-state index contributed by atoms with van der Waals surface area (Å²) < 4.78 is 0. The first-order valence-corrected chi connectivity index (χ1v) is 6.52. The summed E-state index contributed by atoms with van der Waals surface area (Å²) in [7, 11) is 0. The molecule has 2 aromatic carbocycles. The first-order chi connectivity index (χ1) is 10.1. The molecule has 6 nitrogen and oxygen atoms in total. The predicted octanol–water partition coefficient (Wildman–Crippen LogP) is 2.38. The molecule has 0 fully saturated rings. The third-order valence-electron chi connectivity index (χ3n) is 3.64. The molecule has 1 aliphatic rings. The number of nitro benzene ring substituents is 1. The topological polar surface area (TPSA) is 89.5 Å². The number of carbonyl (C=O) groups is 1. The number of hydrogen-bond donors (Lipinski definition) is 1. The Hall–Kier alpha value is -2.89. The lowest BCUT2D eigenvalue weighted by Gasteiger charge is -2.18. The van der Waals surface area contributed by atoms with E-state index in [4.69, 9.17) is 5.73 Å². The van der Waals surface area contributed by atoms with Gasteiger partial charge in [0.05, 0.1) is 10.5 Å². The number of nitrogens with two attached hydrogens (primary N) is 1. The number of anilines is 2. The van der Waals surface area contributed by atoms with Crippen molar-refractivity contribution >= 4 is 23.0 Å². The minimum absolute atomic E-state index is 0.0862. The van der Waals surface area contributed by atoms with Crippen LogP contribution in [0.15, 0.2) is 42.5 Å². The average Bonchev–Trinajstić information content (AvgIpc) is 2.90. The fourth-order valence-electron chi connectivity index (χ4n) is 2.59. The fourth-order valence-corrected chi connectivity index (χ4v) is 2.59. The Bertz CT molecular complexity index is 743. The van der Waals surface area contributed by atoms with Crippen LogP contribution in [0.3, 0.4) is 0 Å². The minimum Gasteiger partial charge on any atom is -0.393 e. The van der Waals surface area contributed by atoms with Gasteiger partial charge in [0.1, 0.15) is 5.69 Å². The van der Waals surface area contributed by atoms with Crippen molar-refractivity contribution in [2.75, 3.05) is 17.2 Å². The highest BCUT2D eigenvalue weighted by Gasteiger charge is 2.28. The Labute approximate surface area is 120 Å². The maximum Gasteiger partial charge on any atom is 0.292 e. The zero-order valence-corrected chi connectivity index (χ0v) is 11.2. The maximum atomic E-state index is 12.6. The molecular weight excluding hydrogens is 270 g/mol. The molecule has 6 heteroatoms. The molecule has 2 N–H and O–H groups in total. The molecular formula is C15H13N3O3. The molecule has 21 heavy (non-hydrogen) atoms. The smallest absolute Gasteiger partial charge is 0.292 e. The van der Waals surface area contributed by atoms with Crippen LogP contribution in [0, 0.1) is 10.1 Å². The number of amides is 1. The van der Waals surface area contributed by atoms with Gasteiger partial charge in [0, 0.05) is 18.3 Å². The Morgan fingerprint density at radius 3 is 2.71 bits per heavy atom. The van der Waals surface area contributed by atoms with Crippen LogP contribution in [0.2, 0.25) is 0 Å². The number of carbonyl (C=O) groups excluding carboxylic acids is 1. The maximum absolute atomic E-state index is 12.6. The van der Waals surface area contributed by atoms with E-state index in [1.807, 2.05) is 24.3 Å². The highest BCUT2D eigenvalue weighted by Crippen LogP contribution is 2.32. The van der Waals surface area contributed by atoms with E-state index in [1.54, 1.807) is 4.90 Å². The van der Waals surface area contributed by atoms with Crippen molar-refractivity contribution in [3.8, 4) is 0 Å². The molecule has 0 saturated heterocycles. The van der Waals surface area contributed by atoms with Crippen LogP contribution in [-0.2, 0) is 6.42 Å². The van der Waals surface area contributed by atoms with Gasteiger partial charge in [-0.05, 0) is 24.1 Å². The van der Waals surface area contributed by atoms with Crippen LogP contribution in [0.5, 0.6) is 0 Å². The largest absolute Gasteiger partial charge is 0.393 e. The van der Waals surface area contributed by atoms with E-state index in [0.29, 0.717) is 6.54 Å². The van der Waals surface area contributed by atoms with E-state index in [0.717, 1.165) is 17.7 Å². The second-order valence-electron chi connectivity index (χ2n) is 4.83. The summed E-state index contributed by atoms with van der Waals surface area (Å²) in [5.74, 6) is -0.304. The molecule has 0 aliphatic carbocycles. The Balaban J connectivity index is 2.01. The summed E-state index contributed by atoms with van der Waals surface area (Å²) in [4.78, 5) is 24.6. The van der Waals surface area contributed by atoms with Gasteiger partial charge >= 0.3 is 0 Å². The van der Waals surface area contributed by atoms with Crippen LogP contribution in [0.1, 0.15) is 15.9 Å². The number of para-hydroxylation sites is 2. The van der Waals surface area contributed by atoms with Gasteiger partial charge in [-0.15, -0.1) is 0 Å². The van der Waals surface area contributed by atoms with E-state index in [-0.39, 0.29) is 22.8 Å². The molecule has 1 amide bonds. The molecule has 0 unspecified atom stereocenters. The van der Waals surface area contributed by atoms with E-state index >= 15 is 0 Å². The van der Waals surface area contributed by atoms with Gasteiger partial charge in [-0.2, -0.15) is 0 Å². The van der Waals surface area contributed by atoms with Crippen molar-refractivity contribution in [1.82, 2.24) is 0 Å². The predicted molar refractivity (Wildman–Crippen MR) is 79.3 cm³/mol.